The van der Waals surface area contributed by atoms with E-state index < -0.39 is 0 Å². The number of nitrogens with one attached hydrogen (secondary N) is 1. The lowest BCUT2D eigenvalue weighted by atomic mass is 10.3. The molecule has 72 valence electrons. The van der Waals surface area contributed by atoms with Crippen molar-refractivity contribution < 1.29 is 0 Å². The van der Waals surface area contributed by atoms with Crippen LogP contribution in [0.15, 0.2) is 50.9 Å². The van der Waals surface area contributed by atoms with Crippen LogP contribution < -0.4 is 5.32 Å². The maximum atomic E-state index is 3.14. The fourth-order valence-corrected chi connectivity index (χ4v) is 2.96. The van der Waals surface area contributed by atoms with Crippen LogP contribution in [0.5, 0.6) is 0 Å². The molecule has 1 nitrogen and oxygen atoms in total. The predicted molar refractivity (Wildman–Crippen MR) is 64.4 cm³/mol. The molecule has 0 saturated heterocycles. The van der Waals surface area contributed by atoms with Crippen molar-refractivity contribution in [1.82, 2.24) is 0 Å². The van der Waals surface area contributed by atoms with Crippen molar-refractivity contribution in [3.05, 3.63) is 41.8 Å². The Kier molecular flexibility index (Phi) is 3.11. The van der Waals surface area contributed by atoms with E-state index in [4.69, 9.17) is 0 Å². The van der Waals surface area contributed by atoms with Crippen LogP contribution in [0.1, 0.15) is 0 Å². The average molecular weight is 221 g/mol. The number of hydrogen-bond donors (Lipinski definition) is 1. The van der Waals surface area contributed by atoms with Crippen LogP contribution in [0.2, 0.25) is 0 Å². The molecule has 14 heavy (non-hydrogen) atoms. The van der Waals surface area contributed by atoms with Crippen molar-refractivity contribution in [3.8, 4) is 0 Å². The SMILES string of the molecule is CNc1cccc(Sc2cccs2)c1. The summed E-state index contributed by atoms with van der Waals surface area (Å²) in [7, 11) is 1.94. The van der Waals surface area contributed by atoms with Crippen LogP contribution in [0.4, 0.5) is 5.69 Å². The summed E-state index contributed by atoms with van der Waals surface area (Å²) in [4.78, 5) is 1.28. The second-order valence-electron chi connectivity index (χ2n) is 2.81. The molecule has 1 N–H and O–H groups in total. The molecule has 0 aliphatic heterocycles. The second-order valence-corrected chi connectivity index (χ2v) is 5.13. The molecule has 2 rings (SSSR count). The van der Waals surface area contributed by atoms with Gasteiger partial charge in [0.25, 0.3) is 0 Å². The Morgan fingerprint density at radius 2 is 2.14 bits per heavy atom. The molecule has 1 aromatic carbocycles. The number of rotatable bonds is 3. The first-order chi connectivity index (χ1) is 6.88. The quantitative estimate of drug-likeness (QED) is 0.842. The summed E-state index contributed by atoms with van der Waals surface area (Å²) in [5.41, 5.74) is 1.16. The molecule has 2 aromatic rings. The highest BCUT2D eigenvalue weighted by atomic mass is 32.2. The highest BCUT2D eigenvalue weighted by molar-refractivity contribution is 8.01. The third kappa shape index (κ3) is 2.30. The van der Waals surface area contributed by atoms with Gasteiger partial charge in [-0.25, -0.2) is 0 Å². The smallest absolute Gasteiger partial charge is 0.0646 e. The molecule has 3 heteroatoms. The van der Waals surface area contributed by atoms with Crippen molar-refractivity contribution in [3.63, 3.8) is 0 Å². The van der Waals surface area contributed by atoms with Crippen molar-refractivity contribution in [2.45, 2.75) is 9.10 Å². The van der Waals surface area contributed by atoms with Gasteiger partial charge in [0, 0.05) is 17.6 Å². The van der Waals surface area contributed by atoms with Gasteiger partial charge in [0.1, 0.15) is 0 Å². The highest BCUT2D eigenvalue weighted by Crippen LogP contribution is 2.32. The van der Waals surface area contributed by atoms with Crippen LogP contribution in [0.3, 0.4) is 0 Å². The standard InChI is InChI=1S/C11H11NS2/c1-12-9-4-2-5-10(8-9)14-11-6-3-7-13-11/h2-8,12H,1H3. The van der Waals surface area contributed by atoms with Crippen molar-refractivity contribution in [1.29, 1.82) is 0 Å². The average Bonchev–Trinajstić information content (AvgIpc) is 2.71. The zero-order chi connectivity index (χ0) is 9.80. The number of thiophene rings is 1. The van der Waals surface area contributed by atoms with Gasteiger partial charge < -0.3 is 5.32 Å². The van der Waals surface area contributed by atoms with Crippen LogP contribution in [0, 0.1) is 0 Å². The fraction of sp³-hybridized carbons (Fsp3) is 0.0909. The van der Waals surface area contributed by atoms with Gasteiger partial charge in [-0.05, 0) is 29.6 Å². The van der Waals surface area contributed by atoms with E-state index in [-0.39, 0.29) is 0 Å². The van der Waals surface area contributed by atoms with Gasteiger partial charge in [-0.3, -0.25) is 0 Å². The van der Waals surface area contributed by atoms with Gasteiger partial charge in [0.05, 0.1) is 4.21 Å². The number of anilines is 1. The van der Waals surface area contributed by atoms with Crippen molar-refractivity contribution in [2.75, 3.05) is 12.4 Å². The molecular formula is C11H11NS2. The van der Waals surface area contributed by atoms with E-state index in [1.54, 1.807) is 23.1 Å². The van der Waals surface area contributed by atoms with Crippen LogP contribution >= 0.6 is 23.1 Å². The van der Waals surface area contributed by atoms with Gasteiger partial charge >= 0.3 is 0 Å². The fourth-order valence-electron chi connectivity index (χ4n) is 1.15. The highest BCUT2D eigenvalue weighted by Gasteiger charge is 1.98. The molecule has 0 spiro atoms. The van der Waals surface area contributed by atoms with E-state index in [1.165, 1.54) is 9.10 Å². The Labute approximate surface area is 92.2 Å². The first-order valence-electron chi connectivity index (χ1n) is 4.37. The Morgan fingerprint density at radius 1 is 1.21 bits per heavy atom. The largest absolute Gasteiger partial charge is 0.388 e. The summed E-state index contributed by atoms with van der Waals surface area (Å²) in [5, 5.41) is 5.24. The third-order valence-corrected chi connectivity index (χ3v) is 3.86. The van der Waals surface area contributed by atoms with Crippen LogP contribution in [0.25, 0.3) is 0 Å². The molecule has 1 heterocycles. The molecule has 0 atom stereocenters. The Balaban J connectivity index is 2.17. The lowest BCUT2D eigenvalue weighted by Crippen LogP contribution is -1.86. The van der Waals surface area contributed by atoms with Gasteiger partial charge in [-0.15, -0.1) is 11.3 Å². The summed E-state index contributed by atoms with van der Waals surface area (Å²) in [6.07, 6.45) is 0. The molecule has 0 aliphatic rings. The number of hydrogen-bond acceptors (Lipinski definition) is 3. The topological polar surface area (TPSA) is 12.0 Å². The summed E-state index contributed by atoms with van der Waals surface area (Å²) >= 11 is 3.58. The Hall–Kier alpha value is -0.930. The number of benzene rings is 1. The summed E-state index contributed by atoms with van der Waals surface area (Å²) in [6, 6.07) is 12.6. The van der Waals surface area contributed by atoms with E-state index in [0.29, 0.717) is 0 Å². The van der Waals surface area contributed by atoms with E-state index in [9.17, 15) is 0 Å². The Bertz CT molecular complexity index is 395. The summed E-state index contributed by atoms with van der Waals surface area (Å²) in [6.45, 7) is 0. The van der Waals surface area contributed by atoms with Gasteiger partial charge in [0.2, 0.25) is 0 Å². The maximum Gasteiger partial charge on any atom is 0.0646 e. The maximum absolute atomic E-state index is 3.14. The minimum absolute atomic E-state index is 1.16. The van der Waals surface area contributed by atoms with Gasteiger partial charge in [-0.2, -0.15) is 0 Å². The van der Waals surface area contributed by atoms with E-state index in [1.807, 2.05) is 7.05 Å². The molecule has 0 saturated carbocycles. The van der Waals surface area contributed by atoms with Crippen LogP contribution in [-0.2, 0) is 0 Å². The zero-order valence-corrected chi connectivity index (χ0v) is 9.49. The third-order valence-electron chi connectivity index (χ3n) is 1.84. The molecule has 0 unspecified atom stereocenters. The normalized spacial score (nSPS) is 10.1. The van der Waals surface area contributed by atoms with Crippen LogP contribution in [-0.4, -0.2) is 7.05 Å². The molecule has 0 bridgehead atoms. The minimum Gasteiger partial charge on any atom is -0.388 e. The molecule has 0 radical (unpaired) electrons. The van der Waals surface area contributed by atoms with Crippen molar-refractivity contribution in [2.24, 2.45) is 0 Å². The van der Waals surface area contributed by atoms with Gasteiger partial charge in [-0.1, -0.05) is 23.9 Å². The van der Waals surface area contributed by atoms with Gasteiger partial charge in [0.15, 0.2) is 0 Å². The van der Waals surface area contributed by atoms with E-state index in [2.05, 4.69) is 47.1 Å². The monoisotopic (exact) mass is 221 g/mol. The zero-order valence-electron chi connectivity index (χ0n) is 7.86. The summed E-state index contributed by atoms with van der Waals surface area (Å²) in [5.74, 6) is 0. The summed E-state index contributed by atoms with van der Waals surface area (Å²) < 4.78 is 1.33. The first kappa shape index (κ1) is 9.62. The molecule has 0 fully saturated rings. The molecule has 1 aromatic heterocycles. The second kappa shape index (κ2) is 4.53. The van der Waals surface area contributed by atoms with Crippen molar-refractivity contribution >= 4 is 28.8 Å². The predicted octanol–water partition coefficient (Wildman–Crippen LogP) is 3.94. The Morgan fingerprint density at radius 3 is 2.86 bits per heavy atom. The molecule has 0 amide bonds. The molecular weight excluding hydrogens is 210 g/mol. The van der Waals surface area contributed by atoms with E-state index in [0.717, 1.165) is 5.69 Å². The minimum atomic E-state index is 1.16. The lowest BCUT2D eigenvalue weighted by molar-refractivity contribution is 1.41. The lowest BCUT2D eigenvalue weighted by Gasteiger charge is -2.02. The molecule has 0 aliphatic carbocycles. The van der Waals surface area contributed by atoms with E-state index >= 15 is 0 Å². The first-order valence-corrected chi connectivity index (χ1v) is 6.07.